The summed E-state index contributed by atoms with van der Waals surface area (Å²) in [6.07, 6.45) is 0. The van der Waals surface area contributed by atoms with E-state index in [0.717, 1.165) is 22.3 Å². The molecule has 0 bridgehead atoms. The van der Waals surface area contributed by atoms with E-state index in [-0.39, 0.29) is 12.5 Å². The van der Waals surface area contributed by atoms with Crippen LogP contribution >= 0.6 is 0 Å². The Balaban J connectivity index is 1.68. The SMILES string of the molecule is Cc1cc(C)cc(C(=O)NCc2nc(-c3cccc(C)c3)no2)c1. The van der Waals surface area contributed by atoms with E-state index < -0.39 is 0 Å². The van der Waals surface area contributed by atoms with Crippen LogP contribution in [0, 0.1) is 20.8 Å². The lowest BCUT2D eigenvalue weighted by atomic mass is 10.1. The summed E-state index contributed by atoms with van der Waals surface area (Å²) in [5.41, 5.74) is 4.76. The molecule has 0 aliphatic heterocycles. The largest absolute Gasteiger partial charge is 0.343 e. The Labute approximate surface area is 140 Å². The number of hydrogen-bond donors (Lipinski definition) is 1. The molecule has 5 heteroatoms. The summed E-state index contributed by atoms with van der Waals surface area (Å²) in [4.78, 5) is 16.6. The molecule has 24 heavy (non-hydrogen) atoms. The lowest BCUT2D eigenvalue weighted by Crippen LogP contribution is -2.23. The Bertz CT molecular complexity index is 864. The normalized spacial score (nSPS) is 10.6. The zero-order chi connectivity index (χ0) is 17.1. The van der Waals surface area contributed by atoms with Crippen LogP contribution in [0.1, 0.15) is 32.9 Å². The second-order valence-electron chi connectivity index (χ2n) is 5.94. The molecule has 0 aliphatic rings. The van der Waals surface area contributed by atoms with E-state index in [1.807, 2.05) is 63.2 Å². The number of nitrogens with zero attached hydrogens (tertiary/aromatic N) is 2. The maximum absolute atomic E-state index is 12.2. The molecule has 1 heterocycles. The summed E-state index contributed by atoms with van der Waals surface area (Å²) >= 11 is 0. The van der Waals surface area contributed by atoms with E-state index in [1.54, 1.807) is 0 Å². The maximum Gasteiger partial charge on any atom is 0.251 e. The fraction of sp³-hybridized carbons (Fsp3) is 0.211. The van der Waals surface area contributed by atoms with Crippen molar-refractivity contribution in [2.45, 2.75) is 27.3 Å². The molecule has 0 aliphatic carbocycles. The van der Waals surface area contributed by atoms with Crippen molar-refractivity contribution in [3.05, 3.63) is 70.6 Å². The molecular weight excluding hydrogens is 302 g/mol. The number of rotatable bonds is 4. The van der Waals surface area contributed by atoms with Crippen LogP contribution in [0.15, 0.2) is 47.0 Å². The van der Waals surface area contributed by atoms with E-state index in [4.69, 9.17) is 4.52 Å². The summed E-state index contributed by atoms with van der Waals surface area (Å²) in [5.74, 6) is 0.746. The average Bonchev–Trinajstić information content (AvgIpc) is 3.00. The van der Waals surface area contributed by atoms with Crippen LogP contribution in [-0.4, -0.2) is 16.0 Å². The van der Waals surface area contributed by atoms with Gasteiger partial charge in [0.2, 0.25) is 11.7 Å². The number of amides is 1. The molecule has 122 valence electrons. The Morgan fingerprint density at radius 2 is 1.79 bits per heavy atom. The summed E-state index contributed by atoms with van der Waals surface area (Å²) < 4.78 is 5.22. The number of benzene rings is 2. The molecule has 1 aromatic heterocycles. The maximum atomic E-state index is 12.2. The summed E-state index contributed by atoms with van der Waals surface area (Å²) in [5, 5.41) is 6.78. The monoisotopic (exact) mass is 321 g/mol. The van der Waals surface area contributed by atoms with Gasteiger partial charge in [-0.2, -0.15) is 4.98 Å². The number of carbonyl (C=O) groups is 1. The van der Waals surface area contributed by atoms with Gasteiger partial charge in [0.1, 0.15) is 0 Å². The zero-order valence-corrected chi connectivity index (χ0v) is 14.0. The van der Waals surface area contributed by atoms with Crippen molar-refractivity contribution in [2.75, 3.05) is 0 Å². The molecule has 5 nitrogen and oxygen atoms in total. The molecule has 2 aromatic carbocycles. The first-order chi connectivity index (χ1) is 11.5. The van der Waals surface area contributed by atoms with Crippen molar-refractivity contribution in [1.82, 2.24) is 15.5 Å². The predicted octanol–water partition coefficient (Wildman–Crippen LogP) is 3.59. The fourth-order valence-corrected chi connectivity index (χ4v) is 2.59. The van der Waals surface area contributed by atoms with Crippen LogP contribution in [0.3, 0.4) is 0 Å². The molecule has 0 atom stereocenters. The molecule has 1 N–H and O–H groups in total. The van der Waals surface area contributed by atoms with Crippen LogP contribution < -0.4 is 5.32 Å². The van der Waals surface area contributed by atoms with Crippen molar-refractivity contribution in [2.24, 2.45) is 0 Å². The molecule has 0 saturated heterocycles. The first kappa shape index (κ1) is 15.9. The van der Waals surface area contributed by atoms with Crippen LogP contribution in [0.4, 0.5) is 0 Å². The molecule has 0 spiro atoms. The minimum Gasteiger partial charge on any atom is -0.343 e. The third-order valence-electron chi connectivity index (χ3n) is 3.63. The minimum atomic E-state index is -0.155. The van der Waals surface area contributed by atoms with Gasteiger partial charge in [-0.3, -0.25) is 4.79 Å². The van der Waals surface area contributed by atoms with Crippen LogP contribution in [0.2, 0.25) is 0 Å². The number of aryl methyl sites for hydroxylation is 3. The molecule has 0 unspecified atom stereocenters. The smallest absolute Gasteiger partial charge is 0.251 e. The first-order valence-corrected chi connectivity index (χ1v) is 7.77. The van der Waals surface area contributed by atoms with Crippen LogP contribution in [-0.2, 0) is 6.54 Å². The number of carbonyl (C=O) groups excluding carboxylic acids is 1. The van der Waals surface area contributed by atoms with Gasteiger partial charge >= 0.3 is 0 Å². The number of aromatic nitrogens is 2. The summed E-state index contributed by atoms with van der Waals surface area (Å²) in [7, 11) is 0. The van der Waals surface area contributed by atoms with E-state index in [0.29, 0.717) is 17.3 Å². The van der Waals surface area contributed by atoms with Gasteiger partial charge in [0.15, 0.2) is 0 Å². The van der Waals surface area contributed by atoms with Gasteiger partial charge in [-0.1, -0.05) is 46.1 Å². The molecule has 1 amide bonds. The first-order valence-electron chi connectivity index (χ1n) is 7.77. The van der Waals surface area contributed by atoms with Crippen molar-refractivity contribution >= 4 is 5.91 Å². The van der Waals surface area contributed by atoms with E-state index >= 15 is 0 Å². The molecule has 0 radical (unpaired) electrons. The van der Waals surface area contributed by atoms with Gasteiger partial charge in [-0.25, -0.2) is 0 Å². The highest BCUT2D eigenvalue weighted by Crippen LogP contribution is 2.17. The van der Waals surface area contributed by atoms with Crippen LogP contribution in [0.25, 0.3) is 11.4 Å². The Morgan fingerprint density at radius 3 is 2.50 bits per heavy atom. The zero-order valence-electron chi connectivity index (χ0n) is 14.0. The van der Waals surface area contributed by atoms with Gasteiger partial charge < -0.3 is 9.84 Å². The standard InChI is InChI=1S/C19H19N3O2/c1-12-5-4-6-15(8-12)18-21-17(24-22-18)11-20-19(23)16-9-13(2)7-14(3)10-16/h4-10H,11H2,1-3H3,(H,20,23). The topological polar surface area (TPSA) is 68.0 Å². The highest BCUT2D eigenvalue weighted by atomic mass is 16.5. The van der Waals surface area contributed by atoms with Gasteiger partial charge in [-0.05, 0) is 39.0 Å². The second kappa shape index (κ2) is 6.66. The highest BCUT2D eigenvalue weighted by Gasteiger charge is 2.11. The second-order valence-corrected chi connectivity index (χ2v) is 5.94. The molecular formula is C19H19N3O2. The van der Waals surface area contributed by atoms with Gasteiger partial charge in [0.05, 0.1) is 6.54 Å². The fourth-order valence-electron chi connectivity index (χ4n) is 2.59. The quantitative estimate of drug-likeness (QED) is 0.797. The van der Waals surface area contributed by atoms with Gasteiger partial charge in [0.25, 0.3) is 5.91 Å². The third kappa shape index (κ3) is 3.68. The molecule has 3 rings (SSSR count). The van der Waals surface area contributed by atoms with E-state index in [2.05, 4.69) is 15.5 Å². The minimum absolute atomic E-state index is 0.155. The third-order valence-corrected chi connectivity index (χ3v) is 3.63. The van der Waals surface area contributed by atoms with Crippen molar-refractivity contribution in [3.63, 3.8) is 0 Å². The summed E-state index contributed by atoms with van der Waals surface area (Å²) in [6.45, 7) is 6.14. The molecule has 0 fully saturated rings. The van der Waals surface area contributed by atoms with Gasteiger partial charge in [0, 0.05) is 11.1 Å². The predicted molar refractivity (Wildman–Crippen MR) is 91.6 cm³/mol. The van der Waals surface area contributed by atoms with Crippen molar-refractivity contribution < 1.29 is 9.32 Å². The van der Waals surface area contributed by atoms with Gasteiger partial charge in [-0.15, -0.1) is 0 Å². The molecule has 0 saturated carbocycles. The highest BCUT2D eigenvalue weighted by molar-refractivity contribution is 5.94. The number of nitrogens with one attached hydrogen (secondary N) is 1. The van der Waals surface area contributed by atoms with E-state index in [9.17, 15) is 4.79 Å². The lowest BCUT2D eigenvalue weighted by molar-refractivity contribution is 0.0946. The Morgan fingerprint density at radius 1 is 1.04 bits per heavy atom. The number of hydrogen-bond acceptors (Lipinski definition) is 4. The van der Waals surface area contributed by atoms with Crippen molar-refractivity contribution in [1.29, 1.82) is 0 Å². The lowest BCUT2D eigenvalue weighted by Gasteiger charge is -2.05. The average molecular weight is 321 g/mol. The van der Waals surface area contributed by atoms with Crippen LogP contribution in [0.5, 0.6) is 0 Å². The van der Waals surface area contributed by atoms with Crippen molar-refractivity contribution in [3.8, 4) is 11.4 Å². The molecule has 3 aromatic rings. The summed E-state index contributed by atoms with van der Waals surface area (Å²) in [6, 6.07) is 13.6. The Kier molecular flexibility index (Phi) is 4.42. The Hall–Kier alpha value is -2.95. The van der Waals surface area contributed by atoms with E-state index in [1.165, 1.54) is 0 Å².